The van der Waals surface area contributed by atoms with E-state index in [2.05, 4.69) is 4.98 Å². The first-order chi connectivity index (χ1) is 8.22. The van der Waals surface area contributed by atoms with Crippen molar-refractivity contribution >= 4 is 5.78 Å². The molecule has 0 unspecified atom stereocenters. The van der Waals surface area contributed by atoms with Gasteiger partial charge in [-0.25, -0.2) is 4.98 Å². The Balaban J connectivity index is 2.40. The molecule has 0 saturated carbocycles. The molecule has 1 heterocycles. The van der Waals surface area contributed by atoms with Crippen LogP contribution in [0, 0.1) is 6.92 Å². The lowest BCUT2D eigenvalue weighted by Gasteiger charge is -2.06. The van der Waals surface area contributed by atoms with Crippen LogP contribution in [0.2, 0.25) is 0 Å². The standard InChI is InChI=1S/C14H13NO2/c1-10-5-7-11(8-6-10)13(16)12-4-3-9-15-14(12)17-2/h3-9H,1-2H3. The van der Waals surface area contributed by atoms with Gasteiger partial charge in [0.2, 0.25) is 5.88 Å². The quantitative estimate of drug-likeness (QED) is 0.757. The van der Waals surface area contributed by atoms with Crippen LogP contribution in [0.4, 0.5) is 0 Å². The van der Waals surface area contributed by atoms with Gasteiger partial charge in [0.05, 0.1) is 12.7 Å². The summed E-state index contributed by atoms with van der Waals surface area (Å²) < 4.78 is 5.08. The molecule has 2 aromatic rings. The van der Waals surface area contributed by atoms with Crippen molar-refractivity contribution in [1.29, 1.82) is 0 Å². The van der Waals surface area contributed by atoms with Gasteiger partial charge in [-0.05, 0) is 19.1 Å². The number of nitrogens with zero attached hydrogens (tertiary/aromatic N) is 1. The maximum absolute atomic E-state index is 12.2. The fraction of sp³-hybridized carbons (Fsp3) is 0.143. The molecule has 1 aromatic heterocycles. The van der Waals surface area contributed by atoms with Gasteiger partial charge in [-0.2, -0.15) is 0 Å². The Morgan fingerprint density at radius 3 is 2.53 bits per heavy atom. The monoisotopic (exact) mass is 227 g/mol. The van der Waals surface area contributed by atoms with Gasteiger partial charge in [0.15, 0.2) is 5.78 Å². The molecule has 0 bridgehead atoms. The van der Waals surface area contributed by atoms with Crippen molar-refractivity contribution in [2.75, 3.05) is 7.11 Å². The SMILES string of the molecule is COc1ncccc1C(=O)c1ccc(C)cc1. The lowest BCUT2D eigenvalue weighted by Crippen LogP contribution is -2.04. The average molecular weight is 227 g/mol. The van der Waals surface area contributed by atoms with Crippen LogP contribution in [0.1, 0.15) is 21.5 Å². The Morgan fingerprint density at radius 2 is 1.88 bits per heavy atom. The molecule has 0 aliphatic carbocycles. The van der Waals surface area contributed by atoms with Gasteiger partial charge in [-0.15, -0.1) is 0 Å². The van der Waals surface area contributed by atoms with Crippen LogP contribution >= 0.6 is 0 Å². The highest BCUT2D eigenvalue weighted by Crippen LogP contribution is 2.18. The molecule has 0 radical (unpaired) electrons. The first-order valence-corrected chi connectivity index (χ1v) is 5.33. The van der Waals surface area contributed by atoms with Gasteiger partial charge in [-0.3, -0.25) is 4.79 Å². The third-order valence-electron chi connectivity index (χ3n) is 2.52. The Morgan fingerprint density at radius 1 is 1.18 bits per heavy atom. The van der Waals surface area contributed by atoms with E-state index in [4.69, 9.17) is 4.74 Å². The van der Waals surface area contributed by atoms with Crippen LogP contribution in [0.3, 0.4) is 0 Å². The zero-order valence-corrected chi connectivity index (χ0v) is 9.81. The smallest absolute Gasteiger partial charge is 0.224 e. The van der Waals surface area contributed by atoms with Gasteiger partial charge < -0.3 is 4.74 Å². The number of carbonyl (C=O) groups is 1. The van der Waals surface area contributed by atoms with Crippen molar-refractivity contribution in [3.05, 3.63) is 59.3 Å². The number of rotatable bonds is 3. The molecule has 86 valence electrons. The zero-order chi connectivity index (χ0) is 12.3. The molecule has 1 aromatic carbocycles. The summed E-state index contributed by atoms with van der Waals surface area (Å²) in [6.45, 7) is 1.99. The molecule has 0 spiro atoms. The summed E-state index contributed by atoms with van der Waals surface area (Å²) in [5.41, 5.74) is 2.25. The van der Waals surface area contributed by atoms with E-state index in [9.17, 15) is 4.79 Å². The van der Waals surface area contributed by atoms with Crippen LogP contribution in [-0.4, -0.2) is 17.9 Å². The molecule has 3 heteroatoms. The van der Waals surface area contributed by atoms with Gasteiger partial charge in [0.25, 0.3) is 0 Å². The van der Waals surface area contributed by atoms with E-state index in [1.807, 2.05) is 31.2 Å². The molecule has 0 atom stereocenters. The summed E-state index contributed by atoms with van der Waals surface area (Å²) in [6, 6.07) is 10.9. The highest BCUT2D eigenvalue weighted by molar-refractivity contribution is 6.10. The highest BCUT2D eigenvalue weighted by Gasteiger charge is 2.14. The molecule has 0 amide bonds. The van der Waals surface area contributed by atoms with E-state index >= 15 is 0 Å². The number of ether oxygens (including phenoxy) is 1. The normalized spacial score (nSPS) is 10.0. The van der Waals surface area contributed by atoms with Gasteiger partial charge >= 0.3 is 0 Å². The molecular formula is C14H13NO2. The van der Waals surface area contributed by atoms with Crippen LogP contribution in [0.25, 0.3) is 0 Å². The van der Waals surface area contributed by atoms with E-state index < -0.39 is 0 Å². The number of carbonyl (C=O) groups excluding carboxylic acids is 1. The maximum Gasteiger partial charge on any atom is 0.224 e. The lowest BCUT2D eigenvalue weighted by atomic mass is 10.0. The number of aryl methyl sites for hydroxylation is 1. The summed E-state index contributed by atoms with van der Waals surface area (Å²) in [5, 5.41) is 0. The number of methoxy groups -OCH3 is 1. The van der Waals surface area contributed by atoms with E-state index in [1.54, 1.807) is 18.3 Å². The number of hydrogen-bond donors (Lipinski definition) is 0. The van der Waals surface area contributed by atoms with Gasteiger partial charge in [0, 0.05) is 11.8 Å². The second kappa shape index (κ2) is 4.78. The van der Waals surface area contributed by atoms with E-state index in [-0.39, 0.29) is 5.78 Å². The Kier molecular flexibility index (Phi) is 3.19. The maximum atomic E-state index is 12.2. The Bertz CT molecular complexity index is 532. The molecule has 0 saturated heterocycles. The van der Waals surface area contributed by atoms with Crippen LogP contribution in [-0.2, 0) is 0 Å². The van der Waals surface area contributed by atoms with Crippen LogP contribution in [0.5, 0.6) is 5.88 Å². The minimum Gasteiger partial charge on any atom is -0.480 e. The number of hydrogen-bond acceptors (Lipinski definition) is 3. The third kappa shape index (κ3) is 2.33. The van der Waals surface area contributed by atoms with Crippen molar-refractivity contribution in [3.8, 4) is 5.88 Å². The van der Waals surface area contributed by atoms with E-state index in [0.717, 1.165) is 5.56 Å². The molecule has 0 aliphatic heterocycles. The van der Waals surface area contributed by atoms with Crippen molar-refractivity contribution in [1.82, 2.24) is 4.98 Å². The predicted molar refractivity (Wildman–Crippen MR) is 65.4 cm³/mol. The molecular weight excluding hydrogens is 214 g/mol. The molecule has 0 N–H and O–H groups in total. The summed E-state index contributed by atoms with van der Waals surface area (Å²) in [7, 11) is 1.51. The second-order valence-corrected chi connectivity index (χ2v) is 3.76. The zero-order valence-electron chi connectivity index (χ0n) is 9.81. The van der Waals surface area contributed by atoms with Gasteiger partial charge in [-0.1, -0.05) is 29.8 Å². The Labute approximate surface area is 100 Å². The number of ketones is 1. The van der Waals surface area contributed by atoms with Crippen molar-refractivity contribution in [2.45, 2.75) is 6.92 Å². The highest BCUT2D eigenvalue weighted by atomic mass is 16.5. The largest absolute Gasteiger partial charge is 0.480 e. The molecule has 3 nitrogen and oxygen atoms in total. The topological polar surface area (TPSA) is 39.2 Å². The van der Waals surface area contributed by atoms with Gasteiger partial charge in [0.1, 0.15) is 0 Å². The molecule has 2 rings (SSSR count). The molecule has 0 aliphatic rings. The van der Waals surface area contributed by atoms with Crippen molar-refractivity contribution in [2.24, 2.45) is 0 Å². The molecule has 17 heavy (non-hydrogen) atoms. The summed E-state index contributed by atoms with van der Waals surface area (Å²) in [5.74, 6) is 0.285. The van der Waals surface area contributed by atoms with E-state index in [0.29, 0.717) is 17.0 Å². The lowest BCUT2D eigenvalue weighted by molar-refractivity contribution is 0.103. The fourth-order valence-corrected chi connectivity index (χ4v) is 1.59. The minimum atomic E-state index is -0.0741. The van der Waals surface area contributed by atoms with E-state index in [1.165, 1.54) is 7.11 Å². The first kappa shape index (κ1) is 11.3. The number of benzene rings is 1. The third-order valence-corrected chi connectivity index (χ3v) is 2.52. The van der Waals surface area contributed by atoms with Crippen LogP contribution < -0.4 is 4.74 Å². The van der Waals surface area contributed by atoms with Crippen molar-refractivity contribution in [3.63, 3.8) is 0 Å². The van der Waals surface area contributed by atoms with Crippen molar-refractivity contribution < 1.29 is 9.53 Å². The second-order valence-electron chi connectivity index (χ2n) is 3.76. The molecule has 0 fully saturated rings. The first-order valence-electron chi connectivity index (χ1n) is 5.33. The Hall–Kier alpha value is -2.16. The number of pyridine rings is 1. The minimum absolute atomic E-state index is 0.0741. The summed E-state index contributed by atoms with van der Waals surface area (Å²) in [4.78, 5) is 16.2. The predicted octanol–water partition coefficient (Wildman–Crippen LogP) is 2.63. The fourth-order valence-electron chi connectivity index (χ4n) is 1.59. The average Bonchev–Trinajstić information content (AvgIpc) is 2.39. The summed E-state index contributed by atoms with van der Waals surface area (Å²) >= 11 is 0. The van der Waals surface area contributed by atoms with Crippen LogP contribution in [0.15, 0.2) is 42.6 Å². The summed E-state index contributed by atoms with van der Waals surface area (Å²) in [6.07, 6.45) is 1.60. The number of aromatic nitrogens is 1.